The van der Waals surface area contributed by atoms with E-state index in [1.165, 1.54) is 0 Å². The first-order chi connectivity index (χ1) is 11.5. The van der Waals surface area contributed by atoms with Gasteiger partial charge in [-0.15, -0.1) is 11.3 Å². The predicted molar refractivity (Wildman–Crippen MR) is 95.8 cm³/mol. The zero-order chi connectivity index (χ0) is 17.7. The van der Waals surface area contributed by atoms with Crippen molar-refractivity contribution in [3.8, 4) is 22.1 Å². The van der Waals surface area contributed by atoms with Crippen LogP contribution in [-0.4, -0.2) is 29.8 Å². The van der Waals surface area contributed by atoms with Gasteiger partial charge in [-0.05, 0) is 25.5 Å². The van der Waals surface area contributed by atoms with E-state index in [1.54, 1.807) is 26.2 Å². The highest BCUT2D eigenvalue weighted by atomic mass is 35.5. The summed E-state index contributed by atoms with van der Waals surface area (Å²) < 4.78 is 11.1. The Morgan fingerprint density at radius 3 is 2.71 bits per heavy atom. The molecule has 0 spiro atoms. The number of aromatic carboxylic acids is 1. The van der Waals surface area contributed by atoms with Gasteiger partial charge in [0.1, 0.15) is 9.88 Å². The molecule has 1 heterocycles. The summed E-state index contributed by atoms with van der Waals surface area (Å²) in [5.74, 6) is 0.0367. The van der Waals surface area contributed by atoms with Gasteiger partial charge in [-0.2, -0.15) is 0 Å². The molecule has 0 saturated carbocycles. The van der Waals surface area contributed by atoms with Gasteiger partial charge in [0.05, 0.1) is 24.4 Å². The summed E-state index contributed by atoms with van der Waals surface area (Å²) in [6.07, 6.45) is 3.15. The highest BCUT2D eigenvalue weighted by molar-refractivity contribution is 7.17. The van der Waals surface area contributed by atoms with Crippen LogP contribution in [0.15, 0.2) is 12.1 Å². The van der Waals surface area contributed by atoms with E-state index in [0.717, 1.165) is 30.6 Å². The van der Waals surface area contributed by atoms with Crippen LogP contribution in [0.5, 0.6) is 11.5 Å². The molecule has 0 fully saturated rings. The van der Waals surface area contributed by atoms with Crippen molar-refractivity contribution in [2.45, 2.75) is 33.1 Å². The van der Waals surface area contributed by atoms with Gasteiger partial charge in [-0.1, -0.05) is 31.4 Å². The molecule has 130 valence electrons. The molecule has 0 amide bonds. The highest BCUT2D eigenvalue weighted by Crippen LogP contribution is 2.40. The number of methoxy groups -OCH3 is 1. The third-order valence-corrected chi connectivity index (χ3v) is 4.94. The molecule has 0 atom stereocenters. The number of carboxylic acid groups (broad SMARTS) is 1. The maximum absolute atomic E-state index is 11.2. The fourth-order valence-corrected chi connectivity index (χ4v) is 3.39. The topological polar surface area (TPSA) is 68.7 Å². The lowest BCUT2D eigenvalue weighted by molar-refractivity contribution is 0.0701. The molecule has 5 nitrogen and oxygen atoms in total. The number of carbonyl (C=O) groups is 1. The van der Waals surface area contributed by atoms with Gasteiger partial charge in [0, 0.05) is 5.56 Å². The van der Waals surface area contributed by atoms with Crippen molar-refractivity contribution in [3.05, 3.63) is 27.7 Å². The Hall–Kier alpha value is -1.79. The lowest BCUT2D eigenvalue weighted by atomic mass is 10.2. The van der Waals surface area contributed by atoms with Crippen LogP contribution in [0.3, 0.4) is 0 Å². The Morgan fingerprint density at radius 2 is 2.12 bits per heavy atom. The number of hydrogen-bond donors (Lipinski definition) is 1. The fraction of sp³-hybridized carbons (Fsp3) is 0.412. The standard InChI is InChI=1S/C17H20ClNO4S/c1-4-5-6-7-23-14-12(18)8-11(9-13(14)22-3)16-19-10(2)15(24-16)17(20)21/h8-9H,4-7H2,1-3H3,(H,20,21). The second kappa shape index (κ2) is 8.35. The van der Waals surface area contributed by atoms with Gasteiger partial charge >= 0.3 is 5.97 Å². The van der Waals surface area contributed by atoms with E-state index < -0.39 is 5.97 Å². The molecule has 1 aromatic carbocycles. The number of aryl methyl sites for hydroxylation is 1. The summed E-state index contributed by atoms with van der Waals surface area (Å²) in [7, 11) is 1.55. The second-order valence-electron chi connectivity index (χ2n) is 5.28. The number of nitrogens with zero attached hydrogens (tertiary/aromatic N) is 1. The van der Waals surface area contributed by atoms with E-state index in [0.29, 0.717) is 39.4 Å². The van der Waals surface area contributed by atoms with Gasteiger partial charge in [-0.25, -0.2) is 9.78 Å². The monoisotopic (exact) mass is 369 g/mol. The number of thiazole rings is 1. The average molecular weight is 370 g/mol. The van der Waals surface area contributed by atoms with Crippen LogP contribution < -0.4 is 9.47 Å². The fourth-order valence-electron chi connectivity index (χ4n) is 2.23. The van der Waals surface area contributed by atoms with Crippen molar-refractivity contribution >= 4 is 28.9 Å². The van der Waals surface area contributed by atoms with Crippen molar-refractivity contribution < 1.29 is 19.4 Å². The number of aromatic nitrogens is 1. The molecule has 0 aliphatic rings. The first-order valence-corrected chi connectivity index (χ1v) is 8.88. The number of rotatable bonds is 8. The van der Waals surface area contributed by atoms with E-state index in [9.17, 15) is 4.79 Å². The van der Waals surface area contributed by atoms with Crippen molar-refractivity contribution in [1.29, 1.82) is 0 Å². The van der Waals surface area contributed by atoms with Crippen LogP contribution in [0, 0.1) is 6.92 Å². The average Bonchev–Trinajstić information content (AvgIpc) is 2.94. The van der Waals surface area contributed by atoms with Crippen molar-refractivity contribution in [3.63, 3.8) is 0 Å². The first-order valence-electron chi connectivity index (χ1n) is 7.69. The number of carboxylic acids is 1. The van der Waals surface area contributed by atoms with Gasteiger partial charge in [0.25, 0.3) is 0 Å². The number of hydrogen-bond acceptors (Lipinski definition) is 5. The van der Waals surface area contributed by atoms with Gasteiger partial charge < -0.3 is 14.6 Å². The minimum atomic E-state index is -0.981. The van der Waals surface area contributed by atoms with Gasteiger partial charge in [0.15, 0.2) is 11.5 Å². The normalized spacial score (nSPS) is 10.7. The lowest BCUT2D eigenvalue weighted by Gasteiger charge is -2.13. The van der Waals surface area contributed by atoms with E-state index in [1.807, 2.05) is 0 Å². The molecule has 0 unspecified atom stereocenters. The largest absolute Gasteiger partial charge is 0.493 e. The zero-order valence-corrected chi connectivity index (χ0v) is 15.5. The number of benzene rings is 1. The van der Waals surface area contributed by atoms with Crippen molar-refractivity contribution in [2.75, 3.05) is 13.7 Å². The molecule has 0 aliphatic carbocycles. The molecular weight excluding hydrogens is 350 g/mol. The third-order valence-electron chi connectivity index (χ3n) is 3.46. The number of unbranched alkanes of at least 4 members (excludes halogenated alkanes) is 2. The first kappa shape index (κ1) is 18.5. The molecule has 0 bridgehead atoms. The van der Waals surface area contributed by atoms with E-state index in [-0.39, 0.29) is 4.88 Å². The minimum absolute atomic E-state index is 0.222. The molecule has 1 aromatic heterocycles. The molecule has 2 aromatic rings. The van der Waals surface area contributed by atoms with Gasteiger partial charge in [0.2, 0.25) is 0 Å². The summed E-state index contributed by atoms with van der Waals surface area (Å²) in [5, 5.41) is 10.2. The van der Waals surface area contributed by atoms with Crippen LogP contribution in [0.2, 0.25) is 5.02 Å². The summed E-state index contributed by atoms with van der Waals surface area (Å²) >= 11 is 7.45. The molecule has 24 heavy (non-hydrogen) atoms. The number of halogens is 1. The second-order valence-corrected chi connectivity index (χ2v) is 6.69. The quantitative estimate of drug-likeness (QED) is 0.659. The Morgan fingerprint density at radius 1 is 1.38 bits per heavy atom. The third kappa shape index (κ3) is 4.19. The van der Waals surface area contributed by atoms with Gasteiger partial charge in [-0.3, -0.25) is 0 Å². The van der Waals surface area contributed by atoms with Crippen molar-refractivity contribution in [2.24, 2.45) is 0 Å². The summed E-state index contributed by atoms with van der Waals surface area (Å²) in [5.41, 5.74) is 1.19. The molecule has 0 aliphatic heterocycles. The summed E-state index contributed by atoms with van der Waals surface area (Å²) in [6.45, 7) is 4.38. The molecule has 0 radical (unpaired) electrons. The zero-order valence-electron chi connectivity index (χ0n) is 13.9. The highest BCUT2D eigenvalue weighted by Gasteiger charge is 2.18. The molecule has 7 heteroatoms. The van der Waals surface area contributed by atoms with Crippen LogP contribution in [0.25, 0.3) is 10.6 Å². The Balaban J connectivity index is 2.31. The predicted octanol–water partition coefficient (Wildman–Crippen LogP) is 5.05. The molecular formula is C17H20ClNO4S. The minimum Gasteiger partial charge on any atom is -0.493 e. The van der Waals surface area contributed by atoms with E-state index in [2.05, 4.69) is 11.9 Å². The lowest BCUT2D eigenvalue weighted by Crippen LogP contribution is -2.00. The van der Waals surface area contributed by atoms with Crippen LogP contribution >= 0.6 is 22.9 Å². The maximum atomic E-state index is 11.2. The Kier molecular flexibility index (Phi) is 6.45. The summed E-state index contributed by atoms with van der Waals surface area (Å²) in [6, 6.07) is 3.49. The number of ether oxygens (including phenoxy) is 2. The summed E-state index contributed by atoms with van der Waals surface area (Å²) in [4.78, 5) is 15.7. The Labute approximate surface area is 150 Å². The SMILES string of the molecule is CCCCCOc1c(Cl)cc(-c2nc(C)c(C(=O)O)s2)cc1OC. The van der Waals surface area contributed by atoms with Crippen LogP contribution in [0.1, 0.15) is 41.6 Å². The molecule has 1 N–H and O–H groups in total. The van der Waals surface area contributed by atoms with E-state index in [4.69, 9.17) is 26.2 Å². The molecule has 0 saturated heterocycles. The van der Waals surface area contributed by atoms with Crippen LogP contribution in [-0.2, 0) is 0 Å². The molecule has 2 rings (SSSR count). The maximum Gasteiger partial charge on any atom is 0.347 e. The Bertz CT molecular complexity index is 730. The smallest absolute Gasteiger partial charge is 0.347 e. The van der Waals surface area contributed by atoms with Crippen molar-refractivity contribution in [1.82, 2.24) is 4.98 Å². The van der Waals surface area contributed by atoms with Crippen LogP contribution in [0.4, 0.5) is 0 Å². The van der Waals surface area contributed by atoms with E-state index >= 15 is 0 Å².